The fraction of sp³-hybridized carbons (Fsp3) is 0.263. The molecule has 1 N–H and O–H groups in total. The summed E-state index contributed by atoms with van der Waals surface area (Å²) in [6.45, 7) is 3.18. The number of nitrogens with zero attached hydrogens (tertiary/aromatic N) is 2. The quantitative estimate of drug-likeness (QED) is 0.584. The van der Waals surface area contributed by atoms with E-state index in [-0.39, 0.29) is 40.3 Å². The lowest BCUT2D eigenvalue weighted by Crippen LogP contribution is -2.50. The summed E-state index contributed by atoms with van der Waals surface area (Å²) in [7, 11) is 0. The highest BCUT2D eigenvalue weighted by atomic mass is 35.5. The number of fused-ring (bicyclic) bond motifs is 1. The van der Waals surface area contributed by atoms with Crippen molar-refractivity contribution < 1.29 is 23.6 Å². The normalized spacial score (nSPS) is 15.7. The van der Waals surface area contributed by atoms with Crippen LogP contribution in [0.4, 0.5) is 21.5 Å². The number of nitro benzene ring substituents is 1. The van der Waals surface area contributed by atoms with Crippen LogP contribution in [0.1, 0.15) is 13.8 Å². The monoisotopic (exact) mass is 421 g/mol. The summed E-state index contributed by atoms with van der Waals surface area (Å²) < 4.78 is 18.9. The molecule has 8 nitrogen and oxygen atoms in total. The van der Waals surface area contributed by atoms with E-state index in [9.17, 15) is 24.1 Å². The summed E-state index contributed by atoms with van der Waals surface area (Å²) in [5.74, 6) is -1.68. The van der Waals surface area contributed by atoms with Gasteiger partial charge in [-0.25, -0.2) is 4.39 Å². The first kappa shape index (κ1) is 20.5. The fourth-order valence-electron chi connectivity index (χ4n) is 2.90. The fourth-order valence-corrected chi connectivity index (χ4v) is 3.08. The second kappa shape index (κ2) is 8.04. The van der Waals surface area contributed by atoms with Crippen LogP contribution in [0.5, 0.6) is 5.75 Å². The first-order valence-electron chi connectivity index (χ1n) is 8.68. The summed E-state index contributed by atoms with van der Waals surface area (Å²) in [6.07, 6.45) is -0.891. The number of hydrogen-bond donors (Lipinski definition) is 1. The van der Waals surface area contributed by atoms with E-state index in [0.717, 1.165) is 6.07 Å². The van der Waals surface area contributed by atoms with Crippen molar-refractivity contribution in [1.82, 2.24) is 0 Å². The van der Waals surface area contributed by atoms with Crippen molar-refractivity contribution >= 4 is 40.5 Å². The molecule has 2 aromatic rings. The number of rotatable bonds is 5. The van der Waals surface area contributed by atoms with E-state index in [1.54, 1.807) is 13.8 Å². The van der Waals surface area contributed by atoms with Crippen LogP contribution in [0.15, 0.2) is 36.4 Å². The molecule has 0 aliphatic carbocycles. The maximum atomic E-state index is 13.3. The van der Waals surface area contributed by atoms with Crippen LogP contribution in [-0.4, -0.2) is 29.4 Å². The van der Waals surface area contributed by atoms with Crippen LogP contribution in [0.3, 0.4) is 0 Å². The first-order chi connectivity index (χ1) is 13.7. The van der Waals surface area contributed by atoms with E-state index >= 15 is 0 Å². The average molecular weight is 422 g/mol. The molecule has 0 bridgehead atoms. The number of halogens is 2. The topological polar surface area (TPSA) is 102 Å². The number of amides is 2. The van der Waals surface area contributed by atoms with Crippen LogP contribution in [0.2, 0.25) is 5.02 Å². The molecule has 0 fully saturated rings. The van der Waals surface area contributed by atoms with Gasteiger partial charge in [0.1, 0.15) is 12.4 Å². The molecule has 2 aromatic carbocycles. The summed E-state index contributed by atoms with van der Waals surface area (Å²) >= 11 is 5.71. The standard InChI is InChI=1S/C19H17ClFN3O5/c1-10(2)18-19(26)23(15-6-4-12(24(27)28)8-16(15)29-18)9-17(25)22-11-3-5-14(21)13(20)7-11/h3-8,10,18H,9H2,1-2H3,(H,22,25). The van der Waals surface area contributed by atoms with Crippen LogP contribution in [0.25, 0.3) is 0 Å². The number of hydrogen-bond acceptors (Lipinski definition) is 5. The van der Waals surface area contributed by atoms with Crippen LogP contribution in [0, 0.1) is 21.8 Å². The number of benzene rings is 2. The van der Waals surface area contributed by atoms with Crippen molar-refractivity contribution in [2.75, 3.05) is 16.8 Å². The van der Waals surface area contributed by atoms with E-state index in [1.807, 2.05) is 0 Å². The third kappa shape index (κ3) is 4.29. The molecule has 1 heterocycles. The number of carbonyl (C=O) groups is 2. The smallest absolute Gasteiger partial charge is 0.273 e. The SMILES string of the molecule is CC(C)C1Oc2cc([N+](=O)[O-])ccc2N(CC(=O)Nc2ccc(F)c(Cl)c2)C1=O. The molecule has 0 spiro atoms. The van der Waals surface area contributed by atoms with Crippen molar-refractivity contribution in [3.63, 3.8) is 0 Å². The van der Waals surface area contributed by atoms with E-state index in [1.165, 1.54) is 35.2 Å². The largest absolute Gasteiger partial charge is 0.478 e. The van der Waals surface area contributed by atoms with E-state index in [0.29, 0.717) is 0 Å². The van der Waals surface area contributed by atoms with E-state index < -0.39 is 28.7 Å². The van der Waals surface area contributed by atoms with Gasteiger partial charge in [-0.15, -0.1) is 0 Å². The molecule has 10 heteroatoms. The summed E-state index contributed by atoms with van der Waals surface area (Å²) in [5.41, 5.74) is 0.335. The van der Waals surface area contributed by atoms with Gasteiger partial charge in [-0.3, -0.25) is 24.6 Å². The Labute approximate surface area is 170 Å². The van der Waals surface area contributed by atoms with E-state index in [2.05, 4.69) is 5.32 Å². The number of anilines is 2. The second-order valence-electron chi connectivity index (χ2n) is 6.79. The Morgan fingerprint density at radius 3 is 2.69 bits per heavy atom. The Kier molecular flexibility index (Phi) is 5.69. The highest BCUT2D eigenvalue weighted by molar-refractivity contribution is 6.31. The Hall–Kier alpha value is -3.20. The number of non-ortho nitro benzene ring substituents is 1. The molecular formula is C19H17ClFN3O5. The van der Waals surface area contributed by atoms with Gasteiger partial charge in [-0.2, -0.15) is 0 Å². The average Bonchev–Trinajstić information content (AvgIpc) is 2.66. The number of nitro groups is 1. The molecule has 1 aliphatic rings. The Balaban J connectivity index is 1.88. The van der Waals surface area contributed by atoms with Crippen molar-refractivity contribution in [1.29, 1.82) is 0 Å². The van der Waals surface area contributed by atoms with Crippen LogP contribution >= 0.6 is 11.6 Å². The number of carbonyl (C=O) groups excluding carboxylic acids is 2. The maximum absolute atomic E-state index is 13.3. The predicted molar refractivity (Wildman–Crippen MR) is 105 cm³/mol. The lowest BCUT2D eigenvalue weighted by atomic mass is 10.0. The summed E-state index contributed by atoms with van der Waals surface area (Å²) in [6, 6.07) is 7.53. The lowest BCUT2D eigenvalue weighted by molar-refractivity contribution is -0.384. The minimum absolute atomic E-state index is 0.148. The van der Waals surface area contributed by atoms with Gasteiger partial charge < -0.3 is 10.1 Å². The van der Waals surface area contributed by atoms with Gasteiger partial charge >= 0.3 is 0 Å². The van der Waals surface area contributed by atoms with Gasteiger partial charge in [-0.1, -0.05) is 25.4 Å². The maximum Gasteiger partial charge on any atom is 0.273 e. The molecule has 0 saturated carbocycles. The van der Waals surface area contributed by atoms with Gasteiger partial charge in [0.15, 0.2) is 11.9 Å². The van der Waals surface area contributed by atoms with Gasteiger partial charge in [0, 0.05) is 11.8 Å². The van der Waals surface area contributed by atoms with Crippen LogP contribution < -0.4 is 15.0 Å². The van der Waals surface area contributed by atoms with Crippen molar-refractivity contribution in [3.8, 4) is 5.75 Å². The molecule has 29 heavy (non-hydrogen) atoms. The molecular weight excluding hydrogens is 405 g/mol. The molecule has 1 aliphatic heterocycles. The lowest BCUT2D eigenvalue weighted by Gasteiger charge is -2.35. The minimum Gasteiger partial charge on any atom is -0.478 e. The zero-order valence-corrected chi connectivity index (χ0v) is 16.3. The summed E-state index contributed by atoms with van der Waals surface area (Å²) in [5, 5.41) is 13.4. The van der Waals surface area contributed by atoms with Gasteiger partial charge in [0.25, 0.3) is 11.6 Å². The van der Waals surface area contributed by atoms with Crippen molar-refractivity contribution in [2.24, 2.45) is 5.92 Å². The molecule has 152 valence electrons. The zero-order chi connectivity index (χ0) is 21.3. The van der Waals surface area contributed by atoms with Gasteiger partial charge in [-0.05, 0) is 30.2 Å². The first-order valence-corrected chi connectivity index (χ1v) is 9.06. The third-order valence-corrected chi connectivity index (χ3v) is 4.61. The zero-order valence-electron chi connectivity index (χ0n) is 15.5. The Morgan fingerprint density at radius 1 is 1.34 bits per heavy atom. The molecule has 1 unspecified atom stereocenters. The number of nitrogens with one attached hydrogen (secondary N) is 1. The minimum atomic E-state index is -0.891. The molecule has 0 aromatic heterocycles. The molecule has 0 saturated heterocycles. The molecule has 0 radical (unpaired) electrons. The predicted octanol–water partition coefficient (Wildman–Crippen LogP) is 3.78. The number of ether oxygens (including phenoxy) is 1. The second-order valence-corrected chi connectivity index (χ2v) is 7.20. The molecule has 2 amide bonds. The van der Waals surface area contributed by atoms with Gasteiger partial charge in [0.05, 0.1) is 21.7 Å². The highest BCUT2D eigenvalue weighted by Gasteiger charge is 2.38. The Morgan fingerprint density at radius 2 is 2.07 bits per heavy atom. The molecule has 1 atom stereocenters. The van der Waals surface area contributed by atoms with E-state index in [4.69, 9.17) is 16.3 Å². The molecule has 3 rings (SSSR count). The van der Waals surface area contributed by atoms with Crippen LogP contribution in [-0.2, 0) is 9.59 Å². The van der Waals surface area contributed by atoms with Crippen molar-refractivity contribution in [2.45, 2.75) is 20.0 Å². The third-order valence-electron chi connectivity index (χ3n) is 4.32. The van der Waals surface area contributed by atoms with Gasteiger partial charge in [0.2, 0.25) is 5.91 Å². The highest BCUT2D eigenvalue weighted by Crippen LogP contribution is 2.38. The van der Waals surface area contributed by atoms with Crippen molar-refractivity contribution in [3.05, 3.63) is 57.4 Å². The Bertz CT molecular complexity index is 998. The summed E-state index contributed by atoms with van der Waals surface area (Å²) in [4.78, 5) is 37.0.